The molecule has 2 aliphatic heterocycles. The maximum atomic E-state index is 14.7. The predicted octanol–water partition coefficient (Wildman–Crippen LogP) is 6.25. The quantitative estimate of drug-likeness (QED) is 0.182. The van der Waals surface area contributed by atoms with Gasteiger partial charge in [0.2, 0.25) is 5.82 Å². The van der Waals surface area contributed by atoms with Gasteiger partial charge in [-0.2, -0.15) is 13.2 Å². The van der Waals surface area contributed by atoms with Gasteiger partial charge in [0.15, 0.2) is 17.4 Å². The van der Waals surface area contributed by atoms with Crippen LogP contribution in [0.3, 0.4) is 0 Å². The third-order valence-corrected chi connectivity index (χ3v) is 8.91. The molecule has 0 bridgehead atoms. The summed E-state index contributed by atoms with van der Waals surface area (Å²) < 4.78 is 81.6. The van der Waals surface area contributed by atoms with Crippen LogP contribution in [0.1, 0.15) is 30.6 Å². The average molecular weight is 689 g/mol. The van der Waals surface area contributed by atoms with E-state index < -0.39 is 23.6 Å². The summed E-state index contributed by atoms with van der Waals surface area (Å²) >= 11 is 5.83. The lowest BCUT2D eigenvalue weighted by atomic mass is 10.1. The molecule has 5 aromatic rings. The lowest BCUT2D eigenvalue weighted by molar-refractivity contribution is -0.144. The first-order valence-corrected chi connectivity index (χ1v) is 15.7. The third kappa shape index (κ3) is 6.66. The first-order valence-electron chi connectivity index (χ1n) is 15.3. The van der Waals surface area contributed by atoms with E-state index in [1.807, 2.05) is 0 Å². The van der Waals surface area contributed by atoms with Crippen LogP contribution in [0.15, 0.2) is 48.7 Å². The number of fused-ring (bicyclic) bond motifs is 1. The minimum atomic E-state index is -4.65. The van der Waals surface area contributed by atoms with Crippen LogP contribution in [0.2, 0.25) is 5.02 Å². The van der Waals surface area contributed by atoms with Gasteiger partial charge in [-0.25, -0.2) is 13.8 Å². The Kier molecular flexibility index (Phi) is 8.68. The molecule has 48 heavy (non-hydrogen) atoms. The smallest absolute Gasteiger partial charge is 0.451 e. The van der Waals surface area contributed by atoms with Crippen LogP contribution in [-0.4, -0.2) is 73.0 Å². The maximum absolute atomic E-state index is 14.7. The fourth-order valence-electron chi connectivity index (χ4n) is 5.90. The van der Waals surface area contributed by atoms with Crippen molar-refractivity contribution in [3.63, 3.8) is 0 Å². The minimum Gasteiger partial charge on any atom is -0.486 e. The summed E-state index contributed by atoms with van der Waals surface area (Å²) in [4.78, 5) is 15.9. The molecule has 2 fully saturated rings. The van der Waals surface area contributed by atoms with Crippen LogP contribution >= 0.6 is 11.6 Å². The van der Waals surface area contributed by atoms with E-state index in [2.05, 4.69) is 41.5 Å². The number of aromatic nitrogens is 6. The van der Waals surface area contributed by atoms with Crippen LogP contribution < -0.4 is 9.64 Å². The van der Waals surface area contributed by atoms with Crippen LogP contribution in [0.5, 0.6) is 5.75 Å². The lowest BCUT2D eigenvalue weighted by Crippen LogP contribution is -2.51. The minimum absolute atomic E-state index is 0.0248. The number of anilines is 1. The number of hydrogen-bond acceptors (Lipinski definition) is 8. The summed E-state index contributed by atoms with van der Waals surface area (Å²) in [5.41, 5.74) is 2.56. The summed E-state index contributed by atoms with van der Waals surface area (Å²) in [6.45, 7) is 5.68. The number of aromatic amines is 1. The summed E-state index contributed by atoms with van der Waals surface area (Å²) in [6, 6.07) is 10.6. The van der Waals surface area contributed by atoms with E-state index >= 15 is 0 Å². The normalized spacial score (nSPS) is 18.8. The Morgan fingerprint density at radius 2 is 1.90 bits per heavy atom. The molecule has 2 unspecified atom stereocenters. The number of benzene rings is 2. The van der Waals surface area contributed by atoms with Crippen molar-refractivity contribution in [2.45, 2.75) is 51.4 Å². The Bertz CT molecular complexity index is 1950. The highest BCUT2D eigenvalue weighted by Crippen LogP contribution is 2.31. The molecule has 7 rings (SSSR count). The molecule has 2 saturated heterocycles. The van der Waals surface area contributed by atoms with Crippen molar-refractivity contribution in [1.82, 2.24) is 34.6 Å². The molecule has 0 amide bonds. The molecule has 0 radical (unpaired) electrons. The second kappa shape index (κ2) is 12.9. The fraction of sp³-hybridized carbons (Fsp3) is 0.375. The molecule has 3 aromatic heterocycles. The standard InChI is InChI=1S/C32H30ClF5N8O2/c1-18-14-45(21-4-5-23(34)28(11-21)48-17-19-2-3-20(33)10-24(19)35)8-7-44(18)16-29-40-25-12-26(30-41-31(43-42-30)32(36,37)38)39-13-27(25)46(29)15-22-6-9-47-22/h2-5,10-13,18,22H,6-9,14-17H2,1H3,(H,41,42,43). The van der Waals surface area contributed by atoms with Gasteiger partial charge >= 0.3 is 6.18 Å². The van der Waals surface area contributed by atoms with Gasteiger partial charge in [0, 0.05) is 54.6 Å². The second-order valence-corrected chi connectivity index (χ2v) is 12.3. The van der Waals surface area contributed by atoms with Gasteiger partial charge in [0.1, 0.15) is 23.9 Å². The largest absolute Gasteiger partial charge is 0.486 e. The molecule has 5 heterocycles. The number of alkyl halides is 3. The Hall–Kier alpha value is -4.34. The van der Waals surface area contributed by atoms with E-state index in [1.165, 1.54) is 18.2 Å². The first-order chi connectivity index (χ1) is 23.0. The van der Waals surface area contributed by atoms with E-state index in [9.17, 15) is 22.0 Å². The van der Waals surface area contributed by atoms with Crippen LogP contribution in [-0.2, 0) is 30.6 Å². The van der Waals surface area contributed by atoms with Gasteiger partial charge in [0.25, 0.3) is 0 Å². The summed E-state index contributed by atoms with van der Waals surface area (Å²) in [7, 11) is 0. The number of rotatable bonds is 9. The summed E-state index contributed by atoms with van der Waals surface area (Å²) in [5.74, 6) is -1.56. The number of nitrogens with zero attached hydrogens (tertiary/aromatic N) is 7. The van der Waals surface area contributed by atoms with E-state index in [-0.39, 0.29) is 46.6 Å². The molecule has 2 aliphatic rings. The van der Waals surface area contributed by atoms with E-state index in [0.717, 1.165) is 23.4 Å². The summed E-state index contributed by atoms with van der Waals surface area (Å²) in [6.07, 6.45) is -2.12. The second-order valence-electron chi connectivity index (χ2n) is 11.9. The van der Waals surface area contributed by atoms with Gasteiger partial charge in [0.05, 0.1) is 36.4 Å². The zero-order valence-corrected chi connectivity index (χ0v) is 26.4. The van der Waals surface area contributed by atoms with Crippen molar-refractivity contribution in [2.24, 2.45) is 0 Å². The van der Waals surface area contributed by atoms with Crippen LogP contribution in [0.25, 0.3) is 22.6 Å². The molecule has 0 spiro atoms. The van der Waals surface area contributed by atoms with E-state index in [1.54, 1.807) is 30.5 Å². The van der Waals surface area contributed by atoms with Gasteiger partial charge in [-0.05, 0) is 43.7 Å². The first kappa shape index (κ1) is 32.2. The topological polar surface area (TPSA) is 97.2 Å². The number of pyridine rings is 1. The third-order valence-electron chi connectivity index (χ3n) is 8.68. The SMILES string of the molecule is CC1CN(c2ccc(F)c(OCc3ccc(Cl)cc3F)c2)CCN1Cc1nc2cc(-c3nnc(C(F)(F)F)[nH]3)ncc2n1CC1CCO1. The number of nitrogens with one attached hydrogen (secondary N) is 1. The summed E-state index contributed by atoms with van der Waals surface area (Å²) in [5, 5.41) is 7.11. The molecular weight excluding hydrogens is 659 g/mol. The van der Waals surface area contributed by atoms with E-state index in [0.29, 0.717) is 44.8 Å². The molecule has 252 valence electrons. The van der Waals surface area contributed by atoms with Crippen molar-refractivity contribution in [2.75, 3.05) is 31.1 Å². The number of piperazine rings is 1. The molecule has 1 N–H and O–H groups in total. The molecule has 10 nitrogen and oxygen atoms in total. The van der Waals surface area contributed by atoms with Gasteiger partial charge in [-0.15, -0.1) is 10.2 Å². The molecule has 2 atom stereocenters. The van der Waals surface area contributed by atoms with Gasteiger partial charge in [-0.3, -0.25) is 9.88 Å². The van der Waals surface area contributed by atoms with Crippen LogP contribution in [0, 0.1) is 11.6 Å². The lowest BCUT2D eigenvalue weighted by Gasteiger charge is -2.41. The molecule has 2 aromatic carbocycles. The number of imidazole rings is 1. The highest BCUT2D eigenvalue weighted by Gasteiger charge is 2.36. The highest BCUT2D eigenvalue weighted by molar-refractivity contribution is 6.30. The Balaban J connectivity index is 1.07. The van der Waals surface area contributed by atoms with Crippen molar-refractivity contribution in [1.29, 1.82) is 0 Å². The fourth-order valence-corrected chi connectivity index (χ4v) is 6.06. The molecular formula is C32H30ClF5N8O2. The zero-order chi connectivity index (χ0) is 33.6. The zero-order valence-electron chi connectivity index (χ0n) is 25.6. The van der Waals surface area contributed by atoms with Gasteiger partial charge in [-0.1, -0.05) is 17.7 Å². The number of hydrogen-bond donors (Lipinski definition) is 1. The van der Waals surface area contributed by atoms with Crippen LogP contribution in [0.4, 0.5) is 27.6 Å². The maximum Gasteiger partial charge on any atom is 0.451 e. The average Bonchev–Trinajstić information content (AvgIpc) is 3.65. The number of halogens is 6. The Labute approximate surface area is 276 Å². The number of H-pyrrole nitrogens is 1. The predicted molar refractivity (Wildman–Crippen MR) is 166 cm³/mol. The molecule has 16 heteroatoms. The molecule has 0 aliphatic carbocycles. The van der Waals surface area contributed by atoms with Crippen molar-refractivity contribution in [3.05, 3.63) is 82.5 Å². The van der Waals surface area contributed by atoms with Crippen molar-refractivity contribution in [3.8, 4) is 17.3 Å². The Morgan fingerprint density at radius 1 is 1.06 bits per heavy atom. The monoisotopic (exact) mass is 688 g/mol. The van der Waals surface area contributed by atoms with Crippen molar-refractivity contribution >= 4 is 28.3 Å². The number of ether oxygens (including phenoxy) is 2. The molecule has 0 saturated carbocycles. The van der Waals surface area contributed by atoms with Gasteiger partial charge < -0.3 is 23.9 Å². The van der Waals surface area contributed by atoms with Crippen molar-refractivity contribution < 1.29 is 31.4 Å². The Morgan fingerprint density at radius 3 is 2.60 bits per heavy atom. The van der Waals surface area contributed by atoms with E-state index in [4.69, 9.17) is 26.1 Å². The highest BCUT2D eigenvalue weighted by atomic mass is 35.5.